The van der Waals surface area contributed by atoms with E-state index in [-0.39, 0.29) is 0 Å². The average molecular weight is 262 g/mol. The molecule has 0 spiro atoms. The van der Waals surface area contributed by atoms with Gasteiger partial charge in [-0.25, -0.2) is 0 Å². The predicted octanol–water partition coefficient (Wildman–Crippen LogP) is 4.44. The molecule has 0 atom stereocenters. The molecule has 2 N–H and O–H groups in total. The van der Waals surface area contributed by atoms with Gasteiger partial charge in [-0.2, -0.15) is 0 Å². The molecule has 0 fully saturated rings. The predicted molar refractivity (Wildman–Crippen MR) is 85.6 cm³/mol. The number of hydrogen-bond acceptors (Lipinski definition) is 2. The maximum absolute atomic E-state index is 6.19. The van der Waals surface area contributed by atoms with Gasteiger partial charge < -0.3 is 5.73 Å². The number of benzene rings is 2. The monoisotopic (exact) mass is 262 g/mol. The fourth-order valence-electron chi connectivity index (χ4n) is 2.56. The van der Waals surface area contributed by atoms with E-state index in [1.807, 2.05) is 36.4 Å². The molecule has 3 aromatic rings. The van der Waals surface area contributed by atoms with Crippen LogP contribution < -0.4 is 5.73 Å². The van der Waals surface area contributed by atoms with Gasteiger partial charge in [0.1, 0.15) is 0 Å². The minimum Gasteiger partial charge on any atom is -0.398 e. The number of anilines is 1. The fraction of sp³-hybridized carbons (Fsp3) is 0.167. The van der Waals surface area contributed by atoms with E-state index in [0.717, 1.165) is 40.7 Å². The highest BCUT2D eigenvalue weighted by Gasteiger charge is 2.08. The SMILES string of the molecule is CCCc1cc(N)c2cccc(-c3ccccc3)c2n1. The second-order valence-corrected chi connectivity index (χ2v) is 5.02. The van der Waals surface area contributed by atoms with Crippen molar-refractivity contribution in [3.63, 3.8) is 0 Å². The lowest BCUT2D eigenvalue weighted by Gasteiger charge is -2.10. The zero-order chi connectivity index (χ0) is 13.9. The Bertz CT molecular complexity index is 733. The van der Waals surface area contributed by atoms with Crippen LogP contribution in [0, 0.1) is 0 Å². The smallest absolute Gasteiger partial charge is 0.0804 e. The maximum atomic E-state index is 6.19. The Labute approximate surface area is 119 Å². The van der Waals surface area contributed by atoms with E-state index in [2.05, 4.69) is 25.1 Å². The number of nitrogen functional groups attached to an aromatic ring is 1. The first-order valence-electron chi connectivity index (χ1n) is 7.03. The van der Waals surface area contributed by atoms with E-state index in [1.54, 1.807) is 0 Å². The lowest BCUT2D eigenvalue weighted by Crippen LogP contribution is -1.97. The summed E-state index contributed by atoms with van der Waals surface area (Å²) in [5, 5.41) is 1.03. The molecule has 0 saturated carbocycles. The number of hydrogen-bond donors (Lipinski definition) is 1. The van der Waals surface area contributed by atoms with Crippen molar-refractivity contribution in [2.24, 2.45) is 0 Å². The van der Waals surface area contributed by atoms with Crippen molar-refractivity contribution in [3.05, 3.63) is 60.3 Å². The molecule has 2 nitrogen and oxygen atoms in total. The molecule has 2 heteroatoms. The molecule has 3 rings (SSSR count). The molecule has 0 aliphatic carbocycles. The number of fused-ring (bicyclic) bond motifs is 1. The highest BCUT2D eigenvalue weighted by atomic mass is 14.7. The van der Waals surface area contributed by atoms with Crippen LogP contribution in [0.4, 0.5) is 5.69 Å². The number of pyridine rings is 1. The molecule has 0 unspecified atom stereocenters. The van der Waals surface area contributed by atoms with Crippen LogP contribution in [0.5, 0.6) is 0 Å². The number of para-hydroxylation sites is 1. The maximum Gasteiger partial charge on any atom is 0.0804 e. The summed E-state index contributed by atoms with van der Waals surface area (Å²) in [6.07, 6.45) is 2.04. The van der Waals surface area contributed by atoms with Gasteiger partial charge in [-0.3, -0.25) is 4.98 Å². The molecule has 1 heterocycles. The third-order valence-corrected chi connectivity index (χ3v) is 3.52. The first-order chi connectivity index (χ1) is 9.79. The van der Waals surface area contributed by atoms with Gasteiger partial charge in [0, 0.05) is 22.3 Å². The Balaban J connectivity index is 2.27. The van der Waals surface area contributed by atoms with Crippen LogP contribution in [0.3, 0.4) is 0 Å². The summed E-state index contributed by atoms with van der Waals surface area (Å²) in [5.74, 6) is 0. The quantitative estimate of drug-likeness (QED) is 0.758. The molecule has 20 heavy (non-hydrogen) atoms. The molecule has 0 aliphatic heterocycles. The Morgan fingerprint density at radius 3 is 2.55 bits per heavy atom. The van der Waals surface area contributed by atoms with Gasteiger partial charge in [0.25, 0.3) is 0 Å². The van der Waals surface area contributed by atoms with E-state index < -0.39 is 0 Å². The summed E-state index contributed by atoms with van der Waals surface area (Å²) in [6.45, 7) is 2.16. The summed E-state index contributed by atoms with van der Waals surface area (Å²) in [5.41, 5.74) is 11.4. The van der Waals surface area contributed by atoms with Crippen molar-refractivity contribution in [2.45, 2.75) is 19.8 Å². The second kappa shape index (κ2) is 5.33. The van der Waals surface area contributed by atoms with Crippen LogP contribution in [0.2, 0.25) is 0 Å². The van der Waals surface area contributed by atoms with Gasteiger partial charge in [-0.15, -0.1) is 0 Å². The molecule has 0 amide bonds. The zero-order valence-electron chi connectivity index (χ0n) is 11.6. The Morgan fingerprint density at radius 1 is 1.00 bits per heavy atom. The summed E-state index contributed by atoms with van der Waals surface area (Å²) >= 11 is 0. The van der Waals surface area contributed by atoms with Gasteiger partial charge in [-0.05, 0) is 18.1 Å². The van der Waals surface area contributed by atoms with Gasteiger partial charge in [0.2, 0.25) is 0 Å². The van der Waals surface area contributed by atoms with Gasteiger partial charge >= 0.3 is 0 Å². The number of nitrogens with zero attached hydrogens (tertiary/aromatic N) is 1. The number of nitrogens with two attached hydrogens (primary N) is 1. The Hall–Kier alpha value is -2.35. The van der Waals surface area contributed by atoms with Crippen molar-refractivity contribution < 1.29 is 0 Å². The molecule has 100 valence electrons. The van der Waals surface area contributed by atoms with Crippen molar-refractivity contribution in [3.8, 4) is 11.1 Å². The molecule has 1 aromatic heterocycles. The van der Waals surface area contributed by atoms with Crippen molar-refractivity contribution in [1.29, 1.82) is 0 Å². The fourth-order valence-corrected chi connectivity index (χ4v) is 2.56. The van der Waals surface area contributed by atoms with E-state index in [1.165, 1.54) is 5.56 Å². The molecular weight excluding hydrogens is 244 g/mol. The molecule has 0 aliphatic rings. The summed E-state index contributed by atoms with van der Waals surface area (Å²) in [4.78, 5) is 4.82. The number of aryl methyl sites for hydroxylation is 1. The van der Waals surface area contributed by atoms with Gasteiger partial charge in [0.15, 0.2) is 0 Å². The minimum absolute atomic E-state index is 0.816. The van der Waals surface area contributed by atoms with E-state index in [9.17, 15) is 0 Å². The van der Waals surface area contributed by atoms with Gasteiger partial charge in [0.05, 0.1) is 5.52 Å². The topological polar surface area (TPSA) is 38.9 Å². The molecule has 0 saturated heterocycles. The van der Waals surface area contributed by atoms with Crippen LogP contribution in [0.1, 0.15) is 19.0 Å². The van der Waals surface area contributed by atoms with Crippen molar-refractivity contribution in [2.75, 3.05) is 5.73 Å². The minimum atomic E-state index is 0.816. The summed E-state index contributed by atoms with van der Waals surface area (Å²) < 4.78 is 0. The molecule has 2 aromatic carbocycles. The van der Waals surface area contributed by atoms with Crippen LogP contribution in [-0.4, -0.2) is 4.98 Å². The number of aromatic nitrogens is 1. The van der Waals surface area contributed by atoms with E-state index in [4.69, 9.17) is 10.7 Å². The van der Waals surface area contributed by atoms with Crippen LogP contribution >= 0.6 is 0 Å². The second-order valence-electron chi connectivity index (χ2n) is 5.02. The Kier molecular flexibility index (Phi) is 3.38. The summed E-state index contributed by atoms with van der Waals surface area (Å²) in [6, 6.07) is 18.5. The van der Waals surface area contributed by atoms with Gasteiger partial charge in [-0.1, -0.05) is 61.9 Å². The number of rotatable bonds is 3. The van der Waals surface area contributed by atoms with Crippen LogP contribution in [0.25, 0.3) is 22.0 Å². The van der Waals surface area contributed by atoms with E-state index in [0.29, 0.717) is 0 Å². The zero-order valence-corrected chi connectivity index (χ0v) is 11.6. The van der Waals surface area contributed by atoms with Crippen LogP contribution in [0.15, 0.2) is 54.6 Å². The lowest BCUT2D eigenvalue weighted by atomic mass is 10.0. The first-order valence-corrected chi connectivity index (χ1v) is 7.03. The average Bonchev–Trinajstić information content (AvgIpc) is 2.48. The van der Waals surface area contributed by atoms with E-state index >= 15 is 0 Å². The van der Waals surface area contributed by atoms with Crippen molar-refractivity contribution >= 4 is 16.6 Å². The highest BCUT2D eigenvalue weighted by molar-refractivity contribution is 5.99. The standard InChI is InChI=1S/C18H18N2/c1-2-7-14-12-17(19)16-11-6-10-15(18(16)20-14)13-8-4-3-5-9-13/h3-6,8-12H,2,7H2,1H3,(H2,19,20). The first kappa shape index (κ1) is 12.7. The van der Waals surface area contributed by atoms with Crippen LogP contribution in [-0.2, 0) is 6.42 Å². The Morgan fingerprint density at radius 2 is 1.80 bits per heavy atom. The highest BCUT2D eigenvalue weighted by Crippen LogP contribution is 2.30. The molecule has 0 bridgehead atoms. The third kappa shape index (κ3) is 2.25. The molecule has 0 radical (unpaired) electrons. The largest absolute Gasteiger partial charge is 0.398 e. The summed E-state index contributed by atoms with van der Waals surface area (Å²) in [7, 11) is 0. The normalized spacial score (nSPS) is 10.8. The third-order valence-electron chi connectivity index (χ3n) is 3.52. The lowest BCUT2D eigenvalue weighted by molar-refractivity contribution is 0.890. The molecular formula is C18H18N2. The van der Waals surface area contributed by atoms with Crippen molar-refractivity contribution in [1.82, 2.24) is 4.98 Å².